The third-order valence-electron chi connectivity index (χ3n) is 3.78. The fourth-order valence-electron chi connectivity index (χ4n) is 2.37. The van der Waals surface area contributed by atoms with Crippen molar-refractivity contribution in [2.24, 2.45) is 4.99 Å². The third kappa shape index (κ3) is 5.85. The van der Waals surface area contributed by atoms with E-state index in [0.717, 1.165) is 17.1 Å². The summed E-state index contributed by atoms with van der Waals surface area (Å²) in [5, 5.41) is 3.13. The topological polar surface area (TPSA) is 102 Å². The van der Waals surface area contributed by atoms with Crippen LogP contribution in [-0.4, -0.2) is 62.2 Å². The number of H-pyrrole nitrogens is 1. The maximum absolute atomic E-state index is 11.4. The van der Waals surface area contributed by atoms with Crippen LogP contribution in [0.2, 0.25) is 0 Å². The number of benzene rings is 1. The molecule has 8 nitrogen and oxygen atoms in total. The van der Waals surface area contributed by atoms with E-state index in [1.807, 2.05) is 48.5 Å². The molecule has 1 heterocycles. The van der Waals surface area contributed by atoms with Gasteiger partial charge in [-0.25, -0.2) is 18.1 Å². The molecule has 0 fully saturated rings. The minimum atomic E-state index is -3.18. The van der Waals surface area contributed by atoms with Gasteiger partial charge in [0.2, 0.25) is 10.0 Å². The Balaban J connectivity index is 1.87. The Kier molecular flexibility index (Phi) is 7.16. The summed E-state index contributed by atoms with van der Waals surface area (Å²) in [5.74, 6) is 1.56. The quantitative estimate of drug-likeness (QED) is 0.362. The number of hydrogen-bond acceptors (Lipinski definition) is 4. The number of hydrogen-bond donors (Lipinski definition) is 3. The fourth-order valence-corrected chi connectivity index (χ4v) is 2.99. The second kappa shape index (κ2) is 9.35. The van der Waals surface area contributed by atoms with Crippen molar-refractivity contribution < 1.29 is 8.42 Å². The smallest absolute Gasteiger partial charge is 0.211 e. The van der Waals surface area contributed by atoms with Crippen LogP contribution < -0.4 is 10.0 Å². The lowest BCUT2D eigenvalue weighted by molar-refractivity contribution is 0.464. The molecule has 0 amide bonds. The summed E-state index contributed by atoms with van der Waals surface area (Å²) in [6.45, 7) is 2.91. The van der Waals surface area contributed by atoms with Gasteiger partial charge in [-0.05, 0) is 12.5 Å². The number of rotatable bonds is 8. The molecule has 2 aromatic rings. The molecular formula is C17H26N6O2S. The lowest BCUT2D eigenvalue weighted by atomic mass is 10.2. The average Bonchev–Trinajstić information content (AvgIpc) is 3.11. The van der Waals surface area contributed by atoms with E-state index >= 15 is 0 Å². The molecule has 0 saturated heterocycles. The van der Waals surface area contributed by atoms with E-state index in [1.165, 1.54) is 0 Å². The van der Waals surface area contributed by atoms with Crippen LogP contribution in [0, 0.1) is 0 Å². The number of nitrogens with zero attached hydrogens (tertiary/aromatic N) is 3. The molecule has 3 N–H and O–H groups in total. The Hall–Kier alpha value is -2.39. The van der Waals surface area contributed by atoms with Gasteiger partial charge in [0.1, 0.15) is 5.82 Å². The first-order valence-electron chi connectivity index (χ1n) is 8.43. The summed E-state index contributed by atoms with van der Waals surface area (Å²) >= 11 is 0. The van der Waals surface area contributed by atoms with Crippen LogP contribution >= 0.6 is 0 Å². The van der Waals surface area contributed by atoms with Crippen LogP contribution in [0.5, 0.6) is 0 Å². The number of imidazole rings is 1. The van der Waals surface area contributed by atoms with Crippen molar-refractivity contribution in [3.05, 3.63) is 42.4 Å². The Morgan fingerprint density at radius 3 is 2.65 bits per heavy atom. The predicted molar refractivity (Wildman–Crippen MR) is 104 cm³/mol. The first-order valence-corrected chi connectivity index (χ1v) is 10.1. The summed E-state index contributed by atoms with van der Waals surface area (Å²) in [4.78, 5) is 13.9. The van der Waals surface area contributed by atoms with Crippen LogP contribution in [0.1, 0.15) is 12.7 Å². The first-order chi connectivity index (χ1) is 12.4. The number of sulfonamides is 1. The highest BCUT2D eigenvalue weighted by Gasteiger charge is 2.10. The third-order valence-corrected chi connectivity index (χ3v) is 5.19. The Morgan fingerprint density at radius 1 is 1.27 bits per heavy atom. The molecule has 2 rings (SSSR count). The van der Waals surface area contributed by atoms with Crippen LogP contribution in [-0.2, 0) is 16.6 Å². The summed E-state index contributed by atoms with van der Waals surface area (Å²) in [5.41, 5.74) is 2.05. The van der Waals surface area contributed by atoms with Crippen molar-refractivity contribution in [3.8, 4) is 11.3 Å². The standard InChI is InChI=1S/C17H26N6O2S/c1-4-26(24,25)21-11-10-19-17(18-2)23(3)13-16-20-12-15(22-16)14-8-6-5-7-9-14/h5-9,12,21H,4,10-11,13H2,1-3H3,(H,18,19)(H,20,22). The van der Waals surface area contributed by atoms with Crippen molar-refractivity contribution in [2.75, 3.05) is 32.9 Å². The average molecular weight is 379 g/mol. The van der Waals surface area contributed by atoms with E-state index in [1.54, 1.807) is 14.0 Å². The van der Waals surface area contributed by atoms with Crippen molar-refractivity contribution in [1.82, 2.24) is 24.9 Å². The molecule has 0 saturated carbocycles. The summed E-state index contributed by atoms with van der Waals surface area (Å²) in [6.07, 6.45) is 1.81. The first kappa shape index (κ1) is 19.9. The molecule has 0 unspecified atom stereocenters. The molecule has 1 aromatic heterocycles. The molecule has 0 radical (unpaired) electrons. The second-order valence-corrected chi connectivity index (χ2v) is 7.83. The zero-order valence-corrected chi connectivity index (χ0v) is 16.2. The molecule has 26 heavy (non-hydrogen) atoms. The SMILES string of the molecule is CCS(=O)(=O)NCCNC(=NC)N(C)Cc1ncc(-c2ccccc2)[nH]1. The largest absolute Gasteiger partial charge is 0.355 e. The van der Waals surface area contributed by atoms with Gasteiger partial charge in [-0.15, -0.1) is 0 Å². The molecule has 0 aliphatic heterocycles. The normalized spacial score (nSPS) is 12.2. The van der Waals surface area contributed by atoms with Crippen LogP contribution in [0.3, 0.4) is 0 Å². The number of aromatic amines is 1. The minimum Gasteiger partial charge on any atom is -0.355 e. The molecule has 1 aromatic carbocycles. The monoisotopic (exact) mass is 378 g/mol. The molecule has 9 heteroatoms. The van der Waals surface area contributed by atoms with E-state index in [2.05, 4.69) is 25.0 Å². The molecule has 0 spiro atoms. The van der Waals surface area contributed by atoms with E-state index in [0.29, 0.717) is 25.6 Å². The fraction of sp³-hybridized carbons (Fsp3) is 0.412. The zero-order chi connectivity index (χ0) is 19.0. The Bertz CT molecular complexity index is 817. The van der Waals surface area contributed by atoms with Gasteiger partial charge in [-0.3, -0.25) is 4.99 Å². The van der Waals surface area contributed by atoms with Crippen LogP contribution in [0.15, 0.2) is 41.5 Å². The van der Waals surface area contributed by atoms with Gasteiger partial charge in [0.05, 0.1) is 24.2 Å². The van der Waals surface area contributed by atoms with Crippen molar-refractivity contribution in [2.45, 2.75) is 13.5 Å². The van der Waals surface area contributed by atoms with Crippen LogP contribution in [0.25, 0.3) is 11.3 Å². The predicted octanol–water partition coefficient (Wildman–Crippen LogP) is 1.02. The number of aliphatic imine (C=N–C) groups is 1. The molecule has 0 aliphatic carbocycles. The van der Waals surface area contributed by atoms with E-state index in [4.69, 9.17) is 0 Å². The van der Waals surface area contributed by atoms with Gasteiger partial charge in [0, 0.05) is 27.2 Å². The maximum atomic E-state index is 11.4. The van der Waals surface area contributed by atoms with Crippen molar-refractivity contribution >= 4 is 16.0 Å². The molecule has 0 atom stereocenters. The highest BCUT2D eigenvalue weighted by Crippen LogP contribution is 2.16. The number of aromatic nitrogens is 2. The van der Waals surface area contributed by atoms with Gasteiger partial charge in [-0.2, -0.15) is 0 Å². The van der Waals surface area contributed by atoms with Crippen LogP contribution in [0.4, 0.5) is 0 Å². The number of nitrogens with one attached hydrogen (secondary N) is 3. The summed E-state index contributed by atoms with van der Waals surface area (Å²) in [6, 6.07) is 10.0. The molecule has 142 valence electrons. The number of guanidine groups is 1. The maximum Gasteiger partial charge on any atom is 0.211 e. The highest BCUT2D eigenvalue weighted by atomic mass is 32.2. The summed E-state index contributed by atoms with van der Waals surface area (Å²) in [7, 11) is 0.411. The van der Waals surface area contributed by atoms with E-state index < -0.39 is 10.0 Å². The lowest BCUT2D eigenvalue weighted by Crippen LogP contribution is -2.42. The second-order valence-electron chi connectivity index (χ2n) is 5.74. The van der Waals surface area contributed by atoms with Crippen molar-refractivity contribution in [1.29, 1.82) is 0 Å². The molecule has 0 aliphatic rings. The Labute approximate surface area is 154 Å². The molecule has 0 bridgehead atoms. The van der Waals surface area contributed by atoms with Gasteiger partial charge < -0.3 is 15.2 Å². The molecular weight excluding hydrogens is 352 g/mol. The van der Waals surface area contributed by atoms with Crippen molar-refractivity contribution in [3.63, 3.8) is 0 Å². The van der Waals surface area contributed by atoms with Gasteiger partial charge in [-0.1, -0.05) is 30.3 Å². The zero-order valence-electron chi connectivity index (χ0n) is 15.4. The van der Waals surface area contributed by atoms with Gasteiger partial charge in [0.15, 0.2) is 5.96 Å². The summed E-state index contributed by atoms with van der Waals surface area (Å²) < 4.78 is 25.3. The van der Waals surface area contributed by atoms with E-state index in [-0.39, 0.29) is 5.75 Å². The lowest BCUT2D eigenvalue weighted by Gasteiger charge is -2.21. The van der Waals surface area contributed by atoms with Gasteiger partial charge >= 0.3 is 0 Å². The van der Waals surface area contributed by atoms with E-state index in [9.17, 15) is 8.42 Å². The van der Waals surface area contributed by atoms with Gasteiger partial charge in [0.25, 0.3) is 0 Å². The minimum absolute atomic E-state index is 0.0733. The Morgan fingerprint density at radius 2 is 2.00 bits per heavy atom. The highest BCUT2D eigenvalue weighted by molar-refractivity contribution is 7.89.